The Hall–Kier alpha value is -2.22. The number of pyridine rings is 1. The Morgan fingerprint density at radius 1 is 1.20 bits per heavy atom. The summed E-state index contributed by atoms with van der Waals surface area (Å²) in [5, 5.41) is 4.20. The summed E-state index contributed by atoms with van der Waals surface area (Å²) >= 11 is 9.37. The van der Waals surface area contributed by atoms with Gasteiger partial charge in [0, 0.05) is 29.3 Å². The number of halogens is 1. The Labute approximate surface area is 191 Å². The minimum Gasteiger partial charge on any atom is -0.459 e. The van der Waals surface area contributed by atoms with Crippen LogP contribution in [0.25, 0.3) is 11.3 Å². The molecule has 1 N–H and O–H groups in total. The van der Waals surface area contributed by atoms with E-state index in [0.717, 1.165) is 45.5 Å². The standard InChI is InChI=1S/C23H25BrN4OS/c1-15-7-8-16(17(24)14-15)19-9-10-20(29-19)22-21(18-6-4-5-11-25-18)26-23(30)28(22)13-12-27(2)3/h4-11,14,21-22H,12-13H2,1-3H3,(H,26,30)/t21-,22-/m1/s1. The maximum absolute atomic E-state index is 6.40. The highest BCUT2D eigenvalue weighted by molar-refractivity contribution is 9.10. The number of furan rings is 1. The summed E-state index contributed by atoms with van der Waals surface area (Å²) < 4.78 is 7.42. The third kappa shape index (κ3) is 4.29. The van der Waals surface area contributed by atoms with Crippen LogP contribution in [-0.4, -0.2) is 47.1 Å². The van der Waals surface area contributed by atoms with Crippen molar-refractivity contribution in [3.63, 3.8) is 0 Å². The first-order valence-corrected chi connectivity index (χ1v) is 11.1. The van der Waals surface area contributed by atoms with Crippen LogP contribution >= 0.6 is 28.1 Å². The second-order valence-corrected chi connectivity index (χ2v) is 9.05. The third-order valence-electron chi connectivity index (χ3n) is 5.29. The Bertz CT molecular complexity index is 1040. The van der Waals surface area contributed by atoms with Crippen LogP contribution in [0.3, 0.4) is 0 Å². The molecular formula is C23H25BrN4OS. The fourth-order valence-electron chi connectivity index (χ4n) is 3.74. The largest absolute Gasteiger partial charge is 0.459 e. The van der Waals surface area contributed by atoms with E-state index in [0.29, 0.717) is 0 Å². The molecule has 7 heteroatoms. The number of hydrogen-bond donors (Lipinski definition) is 1. The molecule has 2 atom stereocenters. The van der Waals surface area contributed by atoms with E-state index in [1.807, 2.05) is 30.5 Å². The van der Waals surface area contributed by atoms with E-state index in [2.05, 4.69) is 81.3 Å². The third-order valence-corrected chi connectivity index (χ3v) is 6.30. The molecule has 30 heavy (non-hydrogen) atoms. The van der Waals surface area contributed by atoms with Gasteiger partial charge in [0.1, 0.15) is 17.6 Å². The highest BCUT2D eigenvalue weighted by Gasteiger charge is 2.41. The lowest BCUT2D eigenvalue weighted by Gasteiger charge is -2.27. The van der Waals surface area contributed by atoms with Crippen molar-refractivity contribution in [3.05, 3.63) is 76.2 Å². The molecule has 1 aromatic carbocycles. The van der Waals surface area contributed by atoms with Gasteiger partial charge in [-0.3, -0.25) is 4.98 Å². The monoisotopic (exact) mass is 484 g/mol. The van der Waals surface area contributed by atoms with Gasteiger partial charge >= 0.3 is 0 Å². The van der Waals surface area contributed by atoms with Gasteiger partial charge in [-0.25, -0.2) is 0 Å². The van der Waals surface area contributed by atoms with Crippen molar-refractivity contribution in [2.24, 2.45) is 0 Å². The maximum Gasteiger partial charge on any atom is 0.170 e. The lowest BCUT2D eigenvalue weighted by atomic mass is 10.0. The number of aromatic nitrogens is 1. The quantitative estimate of drug-likeness (QED) is 0.499. The predicted molar refractivity (Wildman–Crippen MR) is 127 cm³/mol. The first-order valence-electron chi connectivity index (χ1n) is 9.93. The summed E-state index contributed by atoms with van der Waals surface area (Å²) in [5.74, 6) is 1.71. The molecule has 4 rings (SSSR count). The maximum atomic E-state index is 6.40. The molecule has 0 saturated carbocycles. The highest BCUT2D eigenvalue weighted by atomic mass is 79.9. The van der Waals surface area contributed by atoms with E-state index in [1.54, 1.807) is 0 Å². The van der Waals surface area contributed by atoms with Gasteiger partial charge in [-0.1, -0.05) is 28.1 Å². The van der Waals surface area contributed by atoms with E-state index >= 15 is 0 Å². The van der Waals surface area contributed by atoms with Crippen molar-refractivity contribution < 1.29 is 4.42 Å². The summed E-state index contributed by atoms with van der Waals surface area (Å²) in [6.07, 6.45) is 1.82. The fourth-order valence-corrected chi connectivity index (χ4v) is 4.76. The Kier molecular flexibility index (Phi) is 6.22. The number of rotatable bonds is 6. The highest BCUT2D eigenvalue weighted by Crippen LogP contribution is 2.41. The average Bonchev–Trinajstić information content (AvgIpc) is 3.31. The van der Waals surface area contributed by atoms with Gasteiger partial charge in [0.25, 0.3) is 0 Å². The van der Waals surface area contributed by atoms with Crippen LogP contribution in [0.2, 0.25) is 0 Å². The zero-order valence-corrected chi connectivity index (χ0v) is 19.7. The Balaban J connectivity index is 1.71. The van der Waals surface area contributed by atoms with Gasteiger partial charge < -0.3 is 19.5 Å². The van der Waals surface area contributed by atoms with Crippen LogP contribution in [0.5, 0.6) is 0 Å². The number of nitrogens with zero attached hydrogens (tertiary/aromatic N) is 3. The minimum absolute atomic E-state index is 0.0645. The Morgan fingerprint density at radius 2 is 2.03 bits per heavy atom. The molecule has 1 fully saturated rings. The van der Waals surface area contributed by atoms with Crippen molar-refractivity contribution >= 4 is 33.3 Å². The van der Waals surface area contributed by atoms with Gasteiger partial charge in [-0.2, -0.15) is 0 Å². The number of likely N-dealkylation sites (N-methyl/N-ethyl adjacent to an activating group) is 1. The second kappa shape index (κ2) is 8.88. The van der Waals surface area contributed by atoms with E-state index in [4.69, 9.17) is 16.6 Å². The molecule has 0 unspecified atom stereocenters. The molecule has 3 aromatic rings. The molecule has 3 heterocycles. The van der Waals surface area contributed by atoms with Crippen LogP contribution in [0, 0.1) is 6.92 Å². The second-order valence-electron chi connectivity index (χ2n) is 7.81. The SMILES string of the molecule is Cc1ccc(-c2ccc([C@@H]3[C@@H](c4ccccn4)NC(=S)N3CCN(C)C)o2)c(Br)c1. The first kappa shape index (κ1) is 21.0. The Morgan fingerprint density at radius 3 is 2.73 bits per heavy atom. The number of nitrogens with one attached hydrogen (secondary N) is 1. The summed E-state index contributed by atoms with van der Waals surface area (Å²) in [6, 6.07) is 16.2. The van der Waals surface area contributed by atoms with Crippen molar-refractivity contribution in [3.8, 4) is 11.3 Å². The van der Waals surface area contributed by atoms with E-state index < -0.39 is 0 Å². The summed E-state index contributed by atoms with van der Waals surface area (Å²) in [6.45, 7) is 3.77. The van der Waals surface area contributed by atoms with E-state index in [9.17, 15) is 0 Å². The zero-order chi connectivity index (χ0) is 21.3. The van der Waals surface area contributed by atoms with Crippen molar-refractivity contribution in [1.82, 2.24) is 20.1 Å². The summed E-state index contributed by atoms with van der Waals surface area (Å²) in [5.41, 5.74) is 3.19. The molecule has 0 amide bonds. The molecule has 0 aliphatic carbocycles. The molecule has 5 nitrogen and oxygen atoms in total. The summed E-state index contributed by atoms with van der Waals surface area (Å²) in [7, 11) is 4.13. The van der Waals surface area contributed by atoms with E-state index in [-0.39, 0.29) is 12.1 Å². The normalized spacial score (nSPS) is 18.8. The van der Waals surface area contributed by atoms with Gasteiger partial charge in [0.05, 0.1) is 11.7 Å². The minimum atomic E-state index is -0.0682. The average molecular weight is 485 g/mol. The molecule has 1 aliphatic rings. The number of thiocarbonyl (C=S) groups is 1. The molecule has 0 bridgehead atoms. The molecule has 2 aromatic heterocycles. The van der Waals surface area contributed by atoms with Crippen LogP contribution in [0.15, 0.2) is 63.6 Å². The lowest BCUT2D eigenvalue weighted by molar-refractivity contribution is 0.250. The van der Waals surface area contributed by atoms with Gasteiger partial charge in [-0.05, 0) is 75.2 Å². The molecular weight excluding hydrogens is 460 g/mol. The summed E-state index contributed by atoms with van der Waals surface area (Å²) in [4.78, 5) is 8.95. The zero-order valence-electron chi connectivity index (χ0n) is 17.3. The van der Waals surface area contributed by atoms with Crippen molar-refractivity contribution in [2.75, 3.05) is 27.2 Å². The van der Waals surface area contributed by atoms with Gasteiger partial charge in [0.15, 0.2) is 5.11 Å². The number of aryl methyl sites for hydroxylation is 1. The van der Waals surface area contributed by atoms with Crippen molar-refractivity contribution in [2.45, 2.75) is 19.0 Å². The van der Waals surface area contributed by atoms with Gasteiger partial charge in [0.2, 0.25) is 0 Å². The fraction of sp³-hybridized carbons (Fsp3) is 0.304. The smallest absolute Gasteiger partial charge is 0.170 e. The predicted octanol–water partition coefficient (Wildman–Crippen LogP) is 4.95. The van der Waals surface area contributed by atoms with Crippen molar-refractivity contribution in [1.29, 1.82) is 0 Å². The molecule has 0 spiro atoms. The van der Waals surface area contributed by atoms with Crippen LogP contribution in [0.1, 0.15) is 29.1 Å². The first-order chi connectivity index (χ1) is 14.4. The number of hydrogen-bond acceptors (Lipinski definition) is 4. The lowest BCUT2D eigenvalue weighted by Crippen LogP contribution is -2.35. The van der Waals surface area contributed by atoms with Crippen LogP contribution < -0.4 is 5.32 Å². The van der Waals surface area contributed by atoms with Crippen LogP contribution in [-0.2, 0) is 0 Å². The number of benzene rings is 1. The molecule has 1 aliphatic heterocycles. The molecule has 156 valence electrons. The topological polar surface area (TPSA) is 44.5 Å². The van der Waals surface area contributed by atoms with E-state index in [1.165, 1.54) is 5.56 Å². The van der Waals surface area contributed by atoms with Crippen LogP contribution in [0.4, 0.5) is 0 Å². The van der Waals surface area contributed by atoms with Gasteiger partial charge in [-0.15, -0.1) is 0 Å². The molecule has 0 radical (unpaired) electrons. The molecule has 1 saturated heterocycles.